The van der Waals surface area contributed by atoms with Crippen LogP contribution in [0.1, 0.15) is 106 Å². The van der Waals surface area contributed by atoms with Gasteiger partial charge in [0.15, 0.2) is 5.78 Å². The average Bonchev–Trinajstić information content (AvgIpc) is 3.38. The molecule has 49 heavy (non-hydrogen) atoms. The van der Waals surface area contributed by atoms with E-state index in [0.29, 0.717) is 0 Å². The molecule has 0 saturated carbocycles. The predicted octanol–water partition coefficient (Wildman–Crippen LogP) is 12.5. The summed E-state index contributed by atoms with van der Waals surface area (Å²) < 4.78 is 2.42. The zero-order valence-corrected chi connectivity index (χ0v) is 34.4. The number of hydrogen-bond acceptors (Lipinski definition) is 5. The number of carbonyl (C=O) groups is 1. The van der Waals surface area contributed by atoms with Crippen molar-refractivity contribution in [3.8, 4) is 11.3 Å². The molecular formula is C43H55IrN2O2S-. The number of benzene rings is 3. The molecular weight excluding hydrogens is 801 g/mol. The molecule has 1 N–H and O–H groups in total. The summed E-state index contributed by atoms with van der Waals surface area (Å²) >= 11 is 1.79. The Morgan fingerprint density at radius 3 is 2.00 bits per heavy atom. The molecule has 5 rings (SSSR count). The Bertz CT molecular complexity index is 1890. The monoisotopic (exact) mass is 856 g/mol. The SMILES string of the molecule is CC(C)(C)Cc1ccc2[c-]c(-c3ncnc4c3sc3cc(CC(C)(C)C)ccc34)ccc2c1.CCC(CC)C(=O)/C=C(\O)C(CC)CC.[Ir]. The smallest absolute Gasteiger partial charge is 0.162 e. The van der Waals surface area contributed by atoms with E-state index >= 15 is 0 Å². The van der Waals surface area contributed by atoms with Gasteiger partial charge in [-0.05, 0) is 61.0 Å². The number of hydrogen-bond donors (Lipinski definition) is 1. The van der Waals surface area contributed by atoms with E-state index in [1.165, 1.54) is 32.7 Å². The second kappa shape index (κ2) is 17.3. The third kappa shape index (κ3) is 10.8. The van der Waals surface area contributed by atoms with Gasteiger partial charge in [-0.3, -0.25) is 9.78 Å². The van der Waals surface area contributed by atoms with Crippen LogP contribution in [-0.2, 0) is 37.7 Å². The number of aliphatic hydroxyl groups is 1. The Morgan fingerprint density at radius 1 is 0.816 bits per heavy atom. The van der Waals surface area contributed by atoms with Gasteiger partial charge >= 0.3 is 0 Å². The van der Waals surface area contributed by atoms with E-state index in [1.807, 2.05) is 27.7 Å². The van der Waals surface area contributed by atoms with E-state index in [4.69, 9.17) is 4.98 Å². The number of fused-ring (bicyclic) bond motifs is 4. The van der Waals surface area contributed by atoms with Crippen LogP contribution in [-0.4, -0.2) is 20.9 Å². The van der Waals surface area contributed by atoms with Crippen LogP contribution in [0.3, 0.4) is 0 Å². The van der Waals surface area contributed by atoms with Crippen molar-refractivity contribution in [2.75, 3.05) is 0 Å². The molecule has 6 heteroatoms. The van der Waals surface area contributed by atoms with Crippen LogP contribution >= 0.6 is 11.3 Å². The molecule has 0 amide bonds. The third-order valence-corrected chi connectivity index (χ3v) is 10.1. The fourth-order valence-electron chi connectivity index (χ4n) is 6.40. The van der Waals surface area contributed by atoms with Gasteiger partial charge in [0, 0.05) is 58.5 Å². The van der Waals surface area contributed by atoms with E-state index in [2.05, 4.69) is 101 Å². The number of carbonyl (C=O) groups excluding carboxylic acids is 1. The van der Waals surface area contributed by atoms with Crippen molar-refractivity contribution >= 4 is 48.2 Å². The molecule has 3 aromatic carbocycles. The summed E-state index contributed by atoms with van der Waals surface area (Å²) in [5.41, 5.74) is 6.32. The van der Waals surface area contributed by atoms with Crippen molar-refractivity contribution < 1.29 is 30.0 Å². The van der Waals surface area contributed by atoms with Crippen LogP contribution in [0.2, 0.25) is 0 Å². The summed E-state index contributed by atoms with van der Waals surface area (Å²) in [5.74, 6) is 0.547. The maximum absolute atomic E-state index is 11.7. The van der Waals surface area contributed by atoms with Crippen molar-refractivity contribution in [2.45, 2.75) is 108 Å². The van der Waals surface area contributed by atoms with Gasteiger partial charge in [-0.2, -0.15) is 0 Å². The summed E-state index contributed by atoms with van der Waals surface area (Å²) in [4.78, 5) is 21.1. The molecule has 0 atom stereocenters. The van der Waals surface area contributed by atoms with Crippen molar-refractivity contribution in [2.24, 2.45) is 22.7 Å². The Balaban J connectivity index is 0.000000347. The molecule has 2 heterocycles. The minimum absolute atomic E-state index is 0. The molecule has 265 valence electrons. The van der Waals surface area contributed by atoms with E-state index < -0.39 is 0 Å². The largest absolute Gasteiger partial charge is 0.512 e. The number of thiophene rings is 1. The summed E-state index contributed by atoms with van der Waals surface area (Å²) in [6, 6.07) is 21.5. The Hall–Kier alpha value is -2.92. The molecule has 0 fully saturated rings. The predicted molar refractivity (Wildman–Crippen MR) is 207 cm³/mol. The Morgan fingerprint density at radius 2 is 1.41 bits per heavy atom. The second-order valence-corrected chi connectivity index (χ2v) is 16.7. The van der Waals surface area contributed by atoms with Crippen LogP contribution in [0.5, 0.6) is 0 Å². The number of rotatable bonds is 10. The summed E-state index contributed by atoms with van der Waals surface area (Å²) in [5, 5.41) is 13.3. The molecule has 0 spiro atoms. The van der Waals surface area contributed by atoms with Crippen LogP contribution in [0.4, 0.5) is 0 Å². The number of nitrogens with zero attached hydrogens (tertiary/aromatic N) is 2. The maximum atomic E-state index is 11.7. The topological polar surface area (TPSA) is 63.1 Å². The van der Waals surface area contributed by atoms with Crippen molar-refractivity contribution in [3.05, 3.63) is 83.9 Å². The van der Waals surface area contributed by atoms with Gasteiger partial charge in [0.1, 0.15) is 6.33 Å². The molecule has 0 aliphatic rings. The van der Waals surface area contributed by atoms with Crippen LogP contribution in [0.25, 0.3) is 42.3 Å². The fourth-order valence-corrected chi connectivity index (χ4v) is 7.62. The van der Waals surface area contributed by atoms with Gasteiger partial charge in [0.25, 0.3) is 0 Å². The number of aliphatic hydroxyl groups excluding tert-OH is 1. The summed E-state index contributed by atoms with van der Waals surface area (Å²) in [7, 11) is 0. The fraction of sp³-hybridized carbons (Fsp3) is 0.465. The summed E-state index contributed by atoms with van der Waals surface area (Å²) in [6.07, 6.45) is 8.72. The van der Waals surface area contributed by atoms with Crippen LogP contribution in [0.15, 0.2) is 66.7 Å². The van der Waals surface area contributed by atoms with Gasteiger partial charge in [0.05, 0.1) is 11.3 Å². The molecule has 0 aliphatic heterocycles. The first-order valence-corrected chi connectivity index (χ1v) is 18.5. The molecule has 5 aromatic rings. The molecule has 1 radical (unpaired) electrons. The van der Waals surface area contributed by atoms with Gasteiger partial charge in [0.2, 0.25) is 0 Å². The zero-order valence-electron chi connectivity index (χ0n) is 31.2. The van der Waals surface area contributed by atoms with Gasteiger partial charge in [-0.25, -0.2) is 4.98 Å². The quantitative estimate of drug-likeness (QED) is 0.0863. The summed E-state index contributed by atoms with van der Waals surface area (Å²) in [6.45, 7) is 21.8. The van der Waals surface area contributed by atoms with E-state index in [9.17, 15) is 9.90 Å². The first-order valence-electron chi connectivity index (χ1n) is 17.7. The van der Waals surface area contributed by atoms with E-state index in [1.54, 1.807) is 17.7 Å². The molecule has 4 nitrogen and oxygen atoms in total. The first-order chi connectivity index (χ1) is 22.7. The molecule has 0 bridgehead atoms. The number of aromatic nitrogens is 2. The second-order valence-electron chi connectivity index (χ2n) is 15.6. The van der Waals surface area contributed by atoms with Gasteiger partial charge < -0.3 is 5.11 Å². The minimum atomic E-state index is 0. The van der Waals surface area contributed by atoms with Crippen LogP contribution in [0, 0.1) is 28.7 Å². The normalized spacial score (nSPS) is 12.4. The molecule has 0 saturated heterocycles. The van der Waals surface area contributed by atoms with Crippen LogP contribution < -0.4 is 0 Å². The number of ketones is 1. The zero-order chi connectivity index (χ0) is 35.2. The van der Waals surface area contributed by atoms with Crippen molar-refractivity contribution in [1.82, 2.24) is 9.97 Å². The van der Waals surface area contributed by atoms with Crippen molar-refractivity contribution in [1.29, 1.82) is 0 Å². The Labute approximate surface area is 312 Å². The first kappa shape index (κ1) is 40.5. The molecule has 2 aromatic heterocycles. The van der Waals surface area contributed by atoms with Gasteiger partial charge in [-0.1, -0.05) is 110 Å². The Kier molecular flexibility index (Phi) is 14.3. The number of allylic oxidation sites excluding steroid dienone is 2. The van der Waals surface area contributed by atoms with Crippen molar-refractivity contribution in [3.63, 3.8) is 0 Å². The minimum Gasteiger partial charge on any atom is -0.512 e. The van der Waals surface area contributed by atoms with E-state index in [0.717, 1.165) is 65.4 Å². The van der Waals surface area contributed by atoms with E-state index in [-0.39, 0.29) is 54.3 Å². The molecule has 0 aliphatic carbocycles. The van der Waals surface area contributed by atoms with Gasteiger partial charge in [-0.15, -0.1) is 41.0 Å². The molecule has 0 unspecified atom stereocenters. The maximum Gasteiger partial charge on any atom is 0.162 e. The standard InChI is InChI=1S/C30H31N2S.C13H24O2.Ir/c1-29(2,3)16-19-7-9-22-15-23(11-10-21(22)13-19)26-28-27(32-18-31-26)24-12-8-20(14-25(24)33-28)17-30(4,5)6;1-5-10(6-2)12(14)9-13(15)11(7-3)8-4;/h7-14,18H,16-17H2,1-6H3;9-11,14H,5-8H2,1-4H3;/q-1;;/b;12-9-;. The third-order valence-electron chi connectivity index (χ3n) is 8.94. The average molecular weight is 856 g/mol.